The first kappa shape index (κ1) is 22.0. The van der Waals surface area contributed by atoms with E-state index in [1.54, 1.807) is 64.0 Å². The number of carbonyl (C=O) groups excluding carboxylic acids is 1. The molecule has 0 N–H and O–H groups in total. The molecule has 0 saturated heterocycles. The SMILES string of the molecule is O=C(Cn1c2ccccc2c(=O)c2ccccc21)OCc1cn(Cc2ccc([N+](=O)[O-])cc2)nn1. The van der Waals surface area contributed by atoms with Gasteiger partial charge in [-0.25, -0.2) is 4.68 Å². The number of carbonyl (C=O) groups is 1. The summed E-state index contributed by atoms with van der Waals surface area (Å²) in [5, 5.41) is 19.9. The Morgan fingerprint density at radius 3 is 2.20 bits per heavy atom. The molecule has 5 rings (SSSR count). The van der Waals surface area contributed by atoms with Crippen LogP contribution < -0.4 is 5.43 Å². The summed E-state index contributed by atoms with van der Waals surface area (Å²) in [6.45, 7) is 0.238. The zero-order valence-electron chi connectivity index (χ0n) is 18.4. The maximum Gasteiger partial charge on any atom is 0.326 e. The normalized spacial score (nSPS) is 11.1. The average Bonchev–Trinajstić information content (AvgIpc) is 3.33. The van der Waals surface area contributed by atoms with Crippen molar-refractivity contribution in [3.8, 4) is 0 Å². The fraction of sp³-hybridized carbons (Fsp3) is 0.120. The highest BCUT2D eigenvalue weighted by molar-refractivity contribution is 5.94. The van der Waals surface area contributed by atoms with Crippen LogP contribution in [0.2, 0.25) is 0 Å². The second kappa shape index (κ2) is 9.18. The first-order valence-corrected chi connectivity index (χ1v) is 10.8. The van der Waals surface area contributed by atoms with Gasteiger partial charge in [0.05, 0.1) is 28.7 Å². The summed E-state index contributed by atoms with van der Waals surface area (Å²) < 4.78 is 8.78. The second-order valence-electron chi connectivity index (χ2n) is 7.94. The molecule has 0 aliphatic heterocycles. The van der Waals surface area contributed by atoms with Crippen LogP contribution >= 0.6 is 0 Å². The van der Waals surface area contributed by atoms with Crippen molar-refractivity contribution in [2.24, 2.45) is 0 Å². The lowest BCUT2D eigenvalue weighted by molar-refractivity contribution is -0.384. The minimum atomic E-state index is -0.478. The van der Waals surface area contributed by atoms with Gasteiger partial charge in [0, 0.05) is 22.9 Å². The fourth-order valence-corrected chi connectivity index (χ4v) is 3.97. The molecule has 0 spiro atoms. The molecule has 0 bridgehead atoms. The van der Waals surface area contributed by atoms with Crippen molar-refractivity contribution in [1.82, 2.24) is 19.6 Å². The van der Waals surface area contributed by atoms with Crippen LogP contribution in [0.5, 0.6) is 0 Å². The summed E-state index contributed by atoms with van der Waals surface area (Å²) in [6.07, 6.45) is 1.65. The molecule has 2 heterocycles. The minimum Gasteiger partial charge on any atom is -0.458 e. The molecule has 35 heavy (non-hydrogen) atoms. The Balaban J connectivity index is 1.29. The fourth-order valence-electron chi connectivity index (χ4n) is 3.97. The van der Waals surface area contributed by atoms with Gasteiger partial charge in [-0.2, -0.15) is 0 Å². The van der Waals surface area contributed by atoms with Crippen LogP contribution in [0.4, 0.5) is 5.69 Å². The molecule has 174 valence electrons. The number of rotatable bonds is 7. The number of nitrogens with zero attached hydrogens (tertiary/aromatic N) is 5. The number of hydrogen-bond donors (Lipinski definition) is 0. The maximum atomic E-state index is 12.8. The number of non-ortho nitro benzene ring substituents is 1. The van der Waals surface area contributed by atoms with E-state index in [-0.39, 0.29) is 24.3 Å². The molecule has 0 amide bonds. The largest absolute Gasteiger partial charge is 0.458 e. The highest BCUT2D eigenvalue weighted by Crippen LogP contribution is 2.19. The molecular formula is C25H19N5O5. The summed E-state index contributed by atoms with van der Waals surface area (Å²) in [4.78, 5) is 35.9. The number of esters is 1. The van der Waals surface area contributed by atoms with Gasteiger partial charge in [-0.1, -0.05) is 41.6 Å². The number of hydrogen-bond acceptors (Lipinski definition) is 7. The number of nitro benzene ring substituents is 1. The minimum absolute atomic E-state index is 0.0169. The Hall–Kier alpha value is -4.86. The molecule has 10 heteroatoms. The molecule has 0 saturated carbocycles. The van der Waals surface area contributed by atoms with Crippen LogP contribution in [-0.2, 0) is 29.2 Å². The maximum absolute atomic E-state index is 12.8. The number of pyridine rings is 1. The molecule has 10 nitrogen and oxygen atoms in total. The van der Waals surface area contributed by atoms with Gasteiger partial charge in [-0.15, -0.1) is 5.10 Å². The lowest BCUT2D eigenvalue weighted by Gasteiger charge is -2.14. The highest BCUT2D eigenvalue weighted by atomic mass is 16.6. The van der Waals surface area contributed by atoms with Crippen molar-refractivity contribution >= 4 is 33.5 Å². The van der Waals surface area contributed by atoms with Crippen molar-refractivity contribution in [2.45, 2.75) is 19.7 Å². The number of aromatic nitrogens is 4. The summed E-state index contributed by atoms with van der Waals surface area (Å²) in [5.41, 5.74) is 2.54. The van der Waals surface area contributed by atoms with E-state index < -0.39 is 10.9 Å². The summed E-state index contributed by atoms with van der Waals surface area (Å²) in [5.74, 6) is -0.478. The van der Waals surface area contributed by atoms with E-state index in [1.165, 1.54) is 12.1 Å². The Labute approximate surface area is 198 Å². The third-order valence-corrected chi connectivity index (χ3v) is 5.63. The van der Waals surface area contributed by atoms with Gasteiger partial charge in [-0.05, 0) is 29.8 Å². The summed E-state index contributed by atoms with van der Waals surface area (Å²) >= 11 is 0. The van der Waals surface area contributed by atoms with Gasteiger partial charge in [0.2, 0.25) is 0 Å². The van der Waals surface area contributed by atoms with Crippen molar-refractivity contribution in [3.05, 3.63) is 111 Å². The van der Waals surface area contributed by atoms with E-state index in [2.05, 4.69) is 10.3 Å². The van der Waals surface area contributed by atoms with Gasteiger partial charge in [0.25, 0.3) is 5.69 Å². The van der Waals surface area contributed by atoms with Gasteiger partial charge in [0.15, 0.2) is 5.43 Å². The predicted octanol–water partition coefficient (Wildman–Crippen LogP) is 3.45. The van der Waals surface area contributed by atoms with E-state index in [0.29, 0.717) is 34.0 Å². The first-order chi connectivity index (χ1) is 17.0. The number of ether oxygens (including phenoxy) is 1. The molecule has 0 atom stereocenters. The van der Waals surface area contributed by atoms with E-state index in [9.17, 15) is 19.7 Å². The lowest BCUT2D eigenvalue weighted by atomic mass is 10.1. The molecule has 0 radical (unpaired) electrons. The van der Waals surface area contributed by atoms with E-state index in [0.717, 1.165) is 5.56 Å². The summed E-state index contributed by atoms with van der Waals surface area (Å²) in [6, 6.07) is 20.5. The van der Waals surface area contributed by atoms with Gasteiger partial charge in [0.1, 0.15) is 18.8 Å². The number of nitro groups is 1. The Morgan fingerprint density at radius 1 is 0.943 bits per heavy atom. The lowest BCUT2D eigenvalue weighted by Crippen LogP contribution is -2.18. The average molecular weight is 469 g/mol. The number of fused-ring (bicyclic) bond motifs is 2. The molecule has 0 fully saturated rings. The van der Waals surface area contributed by atoms with Crippen molar-refractivity contribution in [3.63, 3.8) is 0 Å². The van der Waals surface area contributed by atoms with Gasteiger partial charge < -0.3 is 9.30 Å². The van der Waals surface area contributed by atoms with Crippen molar-refractivity contribution < 1.29 is 14.5 Å². The van der Waals surface area contributed by atoms with E-state index >= 15 is 0 Å². The molecule has 0 aliphatic rings. The first-order valence-electron chi connectivity index (χ1n) is 10.8. The van der Waals surface area contributed by atoms with Crippen LogP contribution in [-0.4, -0.2) is 30.5 Å². The third-order valence-electron chi connectivity index (χ3n) is 5.63. The zero-order chi connectivity index (χ0) is 24.4. The second-order valence-corrected chi connectivity index (χ2v) is 7.94. The highest BCUT2D eigenvalue weighted by Gasteiger charge is 2.14. The molecule has 5 aromatic rings. The van der Waals surface area contributed by atoms with Gasteiger partial charge in [-0.3, -0.25) is 19.7 Å². The van der Waals surface area contributed by atoms with E-state index in [1.807, 2.05) is 12.1 Å². The number of para-hydroxylation sites is 2. The van der Waals surface area contributed by atoms with Crippen LogP contribution in [0.15, 0.2) is 83.8 Å². The van der Waals surface area contributed by atoms with Crippen LogP contribution in [0.3, 0.4) is 0 Å². The molecule has 2 aromatic heterocycles. The topological polar surface area (TPSA) is 122 Å². The zero-order valence-corrected chi connectivity index (χ0v) is 18.4. The van der Waals surface area contributed by atoms with Crippen LogP contribution in [0.1, 0.15) is 11.3 Å². The standard InChI is InChI=1S/C25H19N5O5/c31-24(15-29-22-7-3-1-5-20(22)25(32)21-6-2-4-8-23(21)29)35-16-18-14-28(27-26-18)13-17-9-11-19(12-10-17)30(33)34/h1-12,14H,13,15-16H2. The third kappa shape index (κ3) is 4.49. The Bertz CT molecular complexity index is 1560. The Morgan fingerprint density at radius 2 is 1.57 bits per heavy atom. The smallest absolute Gasteiger partial charge is 0.326 e. The van der Waals surface area contributed by atoms with Crippen molar-refractivity contribution in [2.75, 3.05) is 0 Å². The quantitative estimate of drug-likeness (QED) is 0.155. The predicted molar refractivity (Wildman–Crippen MR) is 128 cm³/mol. The number of benzene rings is 3. The Kier molecular flexibility index (Phi) is 5.76. The van der Waals surface area contributed by atoms with E-state index in [4.69, 9.17) is 4.74 Å². The molecule has 3 aromatic carbocycles. The molecular weight excluding hydrogens is 450 g/mol. The van der Waals surface area contributed by atoms with Gasteiger partial charge >= 0.3 is 5.97 Å². The monoisotopic (exact) mass is 469 g/mol. The summed E-state index contributed by atoms with van der Waals surface area (Å²) in [7, 11) is 0. The van der Waals surface area contributed by atoms with Crippen molar-refractivity contribution in [1.29, 1.82) is 0 Å². The van der Waals surface area contributed by atoms with Crippen LogP contribution in [0.25, 0.3) is 21.8 Å². The molecule has 0 aliphatic carbocycles. The molecule has 0 unspecified atom stereocenters. The van der Waals surface area contributed by atoms with Crippen LogP contribution in [0, 0.1) is 10.1 Å².